The van der Waals surface area contributed by atoms with Crippen LogP contribution in [0.1, 0.15) is 18.1 Å². The Kier molecular flexibility index (Phi) is 11.1. The van der Waals surface area contributed by atoms with Crippen molar-refractivity contribution in [2.24, 2.45) is 0 Å². The molecule has 3 aromatic rings. The largest absolute Gasteiger partial charge is 0.495 e. The van der Waals surface area contributed by atoms with E-state index in [4.69, 9.17) is 27.9 Å². The second-order valence-corrected chi connectivity index (χ2v) is 12.0. The average molecular weight is 638 g/mol. The van der Waals surface area contributed by atoms with Crippen LogP contribution in [-0.2, 0) is 32.6 Å². The number of methoxy groups -OCH3 is 1. The van der Waals surface area contributed by atoms with Crippen molar-refractivity contribution in [1.82, 2.24) is 10.2 Å². The molecule has 11 nitrogen and oxygen atoms in total. The lowest BCUT2D eigenvalue weighted by atomic mass is 10.0. The Morgan fingerprint density at radius 1 is 1.02 bits per heavy atom. The number of nitro groups is 1. The van der Waals surface area contributed by atoms with Gasteiger partial charge in [0.25, 0.3) is 5.69 Å². The zero-order valence-corrected chi connectivity index (χ0v) is 25.4. The van der Waals surface area contributed by atoms with E-state index in [2.05, 4.69) is 5.32 Å². The van der Waals surface area contributed by atoms with Gasteiger partial charge in [-0.15, -0.1) is 0 Å². The Morgan fingerprint density at radius 3 is 2.29 bits per heavy atom. The third kappa shape index (κ3) is 8.34. The normalized spacial score (nSPS) is 11.8. The van der Waals surface area contributed by atoms with Crippen LogP contribution in [0.5, 0.6) is 5.75 Å². The first kappa shape index (κ1) is 32.6. The van der Waals surface area contributed by atoms with E-state index in [0.717, 1.165) is 28.3 Å². The predicted octanol–water partition coefficient (Wildman–Crippen LogP) is 4.45. The average Bonchev–Trinajstić information content (AvgIpc) is 2.95. The minimum atomic E-state index is -4.18. The molecule has 0 spiro atoms. The highest BCUT2D eigenvalue weighted by atomic mass is 35.5. The minimum Gasteiger partial charge on any atom is -0.495 e. The first-order valence-corrected chi connectivity index (χ1v) is 15.3. The third-order valence-electron chi connectivity index (χ3n) is 6.28. The van der Waals surface area contributed by atoms with Gasteiger partial charge in [0.2, 0.25) is 21.8 Å². The van der Waals surface area contributed by atoms with Crippen LogP contribution in [0.15, 0.2) is 66.7 Å². The monoisotopic (exact) mass is 636 g/mol. The van der Waals surface area contributed by atoms with Gasteiger partial charge in [-0.3, -0.25) is 24.0 Å². The Hall–Kier alpha value is -3.87. The zero-order valence-electron chi connectivity index (χ0n) is 23.1. The maximum atomic E-state index is 14.1. The number of likely N-dealkylation sites (N-methyl/N-ethyl adjacent to an activating group) is 1. The van der Waals surface area contributed by atoms with Crippen LogP contribution in [0.25, 0.3) is 0 Å². The van der Waals surface area contributed by atoms with Gasteiger partial charge in [0.15, 0.2) is 0 Å². The number of halogens is 2. The summed E-state index contributed by atoms with van der Waals surface area (Å²) in [4.78, 5) is 39.5. The lowest BCUT2D eigenvalue weighted by Gasteiger charge is -2.33. The van der Waals surface area contributed by atoms with E-state index >= 15 is 0 Å². The van der Waals surface area contributed by atoms with Crippen molar-refractivity contribution in [3.8, 4) is 5.75 Å². The number of sulfonamides is 1. The number of anilines is 1. The van der Waals surface area contributed by atoms with E-state index in [0.29, 0.717) is 17.1 Å². The van der Waals surface area contributed by atoms with Crippen molar-refractivity contribution in [3.63, 3.8) is 0 Å². The SMILES string of the molecule is CCNC(=O)C(Cc1ccccc1)N(Cc1ccc(Cl)c(Cl)c1)C(=O)CN(c1cc([N+](=O)[O-])ccc1OC)S(C)(=O)=O. The lowest BCUT2D eigenvalue weighted by molar-refractivity contribution is -0.384. The molecule has 3 rings (SSSR count). The van der Waals surface area contributed by atoms with Gasteiger partial charge in [-0.1, -0.05) is 59.6 Å². The highest BCUT2D eigenvalue weighted by Crippen LogP contribution is 2.34. The fourth-order valence-electron chi connectivity index (χ4n) is 4.26. The van der Waals surface area contributed by atoms with E-state index in [1.54, 1.807) is 37.3 Å². The number of rotatable bonds is 13. The number of nitro benzene ring substituents is 1. The molecule has 0 bridgehead atoms. The number of nitrogens with one attached hydrogen (secondary N) is 1. The van der Waals surface area contributed by atoms with Crippen molar-refractivity contribution in [1.29, 1.82) is 0 Å². The zero-order chi connectivity index (χ0) is 31.0. The number of benzene rings is 3. The first-order chi connectivity index (χ1) is 19.8. The van der Waals surface area contributed by atoms with Gasteiger partial charge in [-0.2, -0.15) is 0 Å². The summed E-state index contributed by atoms with van der Waals surface area (Å²) in [5.41, 5.74) is 0.707. The molecule has 0 aromatic heterocycles. The number of hydrogen-bond donors (Lipinski definition) is 1. The van der Waals surface area contributed by atoms with E-state index in [-0.39, 0.29) is 29.4 Å². The summed E-state index contributed by atoms with van der Waals surface area (Å²) in [7, 11) is -2.91. The first-order valence-electron chi connectivity index (χ1n) is 12.7. The highest BCUT2D eigenvalue weighted by molar-refractivity contribution is 7.92. The van der Waals surface area contributed by atoms with Crippen molar-refractivity contribution >= 4 is 56.4 Å². The molecule has 1 unspecified atom stereocenters. The third-order valence-corrected chi connectivity index (χ3v) is 8.15. The molecule has 0 aliphatic rings. The van der Waals surface area contributed by atoms with Gasteiger partial charge in [-0.25, -0.2) is 8.42 Å². The minimum absolute atomic E-state index is 0.000537. The molecular formula is C28H30Cl2N4O7S. The van der Waals surface area contributed by atoms with Crippen LogP contribution in [0.3, 0.4) is 0 Å². The highest BCUT2D eigenvalue weighted by Gasteiger charge is 2.34. The summed E-state index contributed by atoms with van der Waals surface area (Å²) in [6.07, 6.45) is 0.992. The molecule has 0 heterocycles. The Morgan fingerprint density at radius 2 is 1.71 bits per heavy atom. The molecule has 1 N–H and O–H groups in total. The molecule has 2 amide bonds. The molecule has 0 radical (unpaired) electrons. The maximum absolute atomic E-state index is 14.1. The predicted molar refractivity (Wildman–Crippen MR) is 161 cm³/mol. The van der Waals surface area contributed by atoms with Crippen molar-refractivity contribution in [3.05, 3.63) is 98.0 Å². The molecule has 14 heteroatoms. The van der Waals surface area contributed by atoms with Crippen molar-refractivity contribution < 1.29 is 27.7 Å². The van der Waals surface area contributed by atoms with Crippen molar-refractivity contribution in [2.45, 2.75) is 25.9 Å². The molecule has 0 aliphatic carbocycles. The van der Waals surface area contributed by atoms with Gasteiger partial charge in [0.05, 0.1) is 28.3 Å². The van der Waals surface area contributed by atoms with Gasteiger partial charge in [0.1, 0.15) is 24.0 Å². The number of non-ortho nitro benzene ring substituents is 1. The fourth-order valence-corrected chi connectivity index (χ4v) is 5.43. The van der Waals surface area contributed by atoms with Gasteiger partial charge < -0.3 is 15.0 Å². The second-order valence-electron chi connectivity index (χ2n) is 9.25. The van der Waals surface area contributed by atoms with Crippen LogP contribution >= 0.6 is 23.2 Å². The quantitative estimate of drug-likeness (QED) is 0.216. The maximum Gasteiger partial charge on any atom is 0.271 e. The van der Waals surface area contributed by atoms with E-state index in [1.807, 2.05) is 18.2 Å². The van der Waals surface area contributed by atoms with Gasteiger partial charge >= 0.3 is 0 Å². The molecule has 42 heavy (non-hydrogen) atoms. The van der Waals surface area contributed by atoms with Crippen LogP contribution in [-0.4, -0.2) is 62.6 Å². The van der Waals surface area contributed by atoms with Crippen molar-refractivity contribution in [2.75, 3.05) is 30.8 Å². The number of amides is 2. The van der Waals surface area contributed by atoms with Crippen LogP contribution in [0, 0.1) is 10.1 Å². The molecule has 1 atom stereocenters. The standard InChI is InChI=1S/C28H30Cl2N4O7S/c1-4-31-28(36)25(15-19-8-6-5-7-9-19)32(17-20-10-12-22(29)23(30)14-20)27(35)18-33(42(3,39)40)24-16-21(34(37)38)11-13-26(24)41-2/h5-14,16,25H,4,15,17-18H2,1-3H3,(H,31,36). The van der Waals surface area contributed by atoms with E-state index in [1.165, 1.54) is 18.1 Å². The smallest absolute Gasteiger partial charge is 0.271 e. The molecule has 0 saturated carbocycles. The van der Waals surface area contributed by atoms with Gasteiger partial charge in [-0.05, 0) is 36.2 Å². The molecular weight excluding hydrogens is 607 g/mol. The number of carbonyl (C=O) groups excluding carboxylic acids is 2. The molecule has 0 fully saturated rings. The molecule has 3 aromatic carbocycles. The summed E-state index contributed by atoms with van der Waals surface area (Å²) in [5.74, 6) is -1.19. The number of hydrogen-bond acceptors (Lipinski definition) is 7. The van der Waals surface area contributed by atoms with Crippen LogP contribution in [0.2, 0.25) is 10.0 Å². The summed E-state index contributed by atoms with van der Waals surface area (Å²) >= 11 is 12.3. The summed E-state index contributed by atoms with van der Waals surface area (Å²) < 4.78 is 32.0. The number of nitrogens with zero attached hydrogens (tertiary/aromatic N) is 3. The topological polar surface area (TPSA) is 139 Å². The Bertz CT molecular complexity index is 1560. The van der Waals surface area contributed by atoms with Gasteiger partial charge in [0, 0.05) is 31.6 Å². The number of ether oxygens (including phenoxy) is 1. The Labute approximate surface area is 254 Å². The van der Waals surface area contributed by atoms with E-state index in [9.17, 15) is 28.1 Å². The van der Waals surface area contributed by atoms with Crippen LogP contribution < -0.4 is 14.4 Å². The fraction of sp³-hybridized carbons (Fsp3) is 0.286. The number of carbonyl (C=O) groups is 2. The summed E-state index contributed by atoms with van der Waals surface area (Å²) in [5, 5.41) is 14.8. The molecule has 0 saturated heterocycles. The van der Waals surface area contributed by atoms with E-state index < -0.39 is 45.0 Å². The lowest BCUT2D eigenvalue weighted by Crippen LogP contribution is -2.53. The van der Waals surface area contributed by atoms with Crippen LogP contribution in [0.4, 0.5) is 11.4 Å². The Balaban J connectivity index is 2.13. The molecule has 224 valence electrons. The molecule has 0 aliphatic heterocycles. The summed E-state index contributed by atoms with van der Waals surface area (Å²) in [6, 6.07) is 16.2. The summed E-state index contributed by atoms with van der Waals surface area (Å²) in [6.45, 7) is 1.14. The second kappa shape index (κ2) is 14.3.